The van der Waals surface area contributed by atoms with Crippen LogP contribution in [0.15, 0.2) is 34.9 Å². The fourth-order valence-electron chi connectivity index (χ4n) is 1.38. The summed E-state index contributed by atoms with van der Waals surface area (Å²) in [4.78, 5) is 11.6. The van der Waals surface area contributed by atoms with Gasteiger partial charge in [0.1, 0.15) is 17.1 Å². The molecule has 0 fully saturated rings. The van der Waals surface area contributed by atoms with Crippen molar-refractivity contribution in [2.75, 3.05) is 5.32 Å². The molecule has 2 rings (SSSR count). The number of nitrogens with zero attached hydrogens (tertiary/aromatic N) is 1. The lowest BCUT2D eigenvalue weighted by molar-refractivity contribution is 0.215. The molecule has 88 valence electrons. The zero-order valence-corrected chi connectivity index (χ0v) is 9.56. The first kappa shape index (κ1) is 11.2. The van der Waals surface area contributed by atoms with E-state index < -0.39 is 6.09 Å². The van der Waals surface area contributed by atoms with Gasteiger partial charge in [-0.3, -0.25) is 5.32 Å². The first-order chi connectivity index (χ1) is 8.16. The summed E-state index contributed by atoms with van der Waals surface area (Å²) >= 11 is 0. The van der Waals surface area contributed by atoms with Gasteiger partial charge in [0.05, 0.1) is 0 Å². The standard InChI is InChI=1S/C12H12N2O3/c1-8-11(9(2)17-14-8)13-12(15)16-10-6-4-3-5-7-10/h3-7H,1-2H3,(H,13,15). The molecule has 0 radical (unpaired) electrons. The van der Waals surface area contributed by atoms with E-state index in [1.165, 1.54) is 0 Å². The van der Waals surface area contributed by atoms with Crippen LogP contribution in [0, 0.1) is 13.8 Å². The molecule has 0 spiro atoms. The zero-order valence-electron chi connectivity index (χ0n) is 9.56. The molecule has 0 atom stereocenters. The highest BCUT2D eigenvalue weighted by Gasteiger charge is 2.13. The van der Waals surface area contributed by atoms with E-state index in [0.717, 1.165) is 0 Å². The Balaban J connectivity index is 2.03. The quantitative estimate of drug-likeness (QED) is 0.864. The van der Waals surface area contributed by atoms with Crippen LogP contribution in [0.2, 0.25) is 0 Å². The predicted octanol–water partition coefficient (Wildman–Crippen LogP) is 2.90. The summed E-state index contributed by atoms with van der Waals surface area (Å²) in [5.41, 5.74) is 1.17. The van der Waals surface area contributed by atoms with E-state index in [9.17, 15) is 4.79 Å². The molecule has 1 aromatic carbocycles. The van der Waals surface area contributed by atoms with Gasteiger partial charge in [-0.25, -0.2) is 4.79 Å². The highest BCUT2D eigenvalue weighted by Crippen LogP contribution is 2.19. The van der Waals surface area contributed by atoms with E-state index in [4.69, 9.17) is 9.26 Å². The van der Waals surface area contributed by atoms with Gasteiger partial charge in [0.15, 0.2) is 5.76 Å². The number of nitrogens with one attached hydrogen (secondary N) is 1. The van der Waals surface area contributed by atoms with Gasteiger partial charge in [0.25, 0.3) is 0 Å². The van der Waals surface area contributed by atoms with Crippen LogP contribution in [0.1, 0.15) is 11.5 Å². The fourth-order valence-corrected chi connectivity index (χ4v) is 1.38. The molecule has 1 amide bonds. The number of ether oxygens (including phenoxy) is 1. The molecule has 17 heavy (non-hydrogen) atoms. The Bertz CT molecular complexity index is 500. The van der Waals surface area contributed by atoms with Gasteiger partial charge in [-0.1, -0.05) is 23.4 Å². The second kappa shape index (κ2) is 4.69. The molecule has 0 aliphatic rings. The number of hydrogen-bond donors (Lipinski definition) is 1. The predicted molar refractivity (Wildman–Crippen MR) is 62.1 cm³/mol. The van der Waals surface area contributed by atoms with Crippen molar-refractivity contribution in [3.63, 3.8) is 0 Å². The molecule has 0 saturated carbocycles. The van der Waals surface area contributed by atoms with Crippen LogP contribution >= 0.6 is 0 Å². The van der Waals surface area contributed by atoms with Gasteiger partial charge in [-0.05, 0) is 26.0 Å². The molecule has 1 aromatic heterocycles. The van der Waals surface area contributed by atoms with E-state index in [2.05, 4.69) is 10.5 Å². The van der Waals surface area contributed by atoms with Crippen molar-refractivity contribution in [3.05, 3.63) is 41.8 Å². The van der Waals surface area contributed by atoms with Crippen LogP contribution in [-0.4, -0.2) is 11.2 Å². The molecule has 1 heterocycles. The van der Waals surface area contributed by atoms with E-state index in [1.807, 2.05) is 6.07 Å². The Morgan fingerprint density at radius 1 is 1.29 bits per heavy atom. The summed E-state index contributed by atoms with van der Waals surface area (Å²) in [7, 11) is 0. The summed E-state index contributed by atoms with van der Waals surface area (Å²) in [6.07, 6.45) is -0.564. The number of rotatable bonds is 2. The summed E-state index contributed by atoms with van der Waals surface area (Å²) in [5, 5.41) is 6.32. The lowest BCUT2D eigenvalue weighted by atomic mass is 10.3. The molecule has 5 heteroatoms. The first-order valence-electron chi connectivity index (χ1n) is 5.13. The van der Waals surface area contributed by atoms with Gasteiger partial charge >= 0.3 is 6.09 Å². The zero-order chi connectivity index (χ0) is 12.3. The van der Waals surface area contributed by atoms with Gasteiger partial charge in [0, 0.05) is 0 Å². The van der Waals surface area contributed by atoms with E-state index in [1.54, 1.807) is 38.1 Å². The molecule has 5 nitrogen and oxygen atoms in total. The Kier molecular flexibility index (Phi) is 3.09. The Morgan fingerprint density at radius 2 is 2.00 bits per heavy atom. The minimum atomic E-state index is -0.564. The SMILES string of the molecule is Cc1noc(C)c1NC(=O)Oc1ccccc1. The third kappa shape index (κ3) is 2.63. The normalized spacial score (nSPS) is 10.0. The minimum Gasteiger partial charge on any atom is -0.410 e. The number of aryl methyl sites for hydroxylation is 2. The smallest absolute Gasteiger partial charge is 0.410 e. The maximum absolute atomic E-state index is 11.6. The lowest BCUT2D eigenvalue weighted by Gasteiger charge is -2.05. The number of carbonyl (C=O) groups excluding carboxylic acids is 1. The second-order valence-corrected chi connectivity index (χ2v) is 3.53. The number of benzene rings is 1. The molecule has 0 saturated heterocycles. The van der Waals surface area contributed by atoms with Crippen molar-refractivity contribution in [1.82, 2.24) is 5.16 Å². The third-order valence-corrected chi connectivity index (χ3v) is 2.21. The van der Waals surface area contributed by atoms with Gasteiger partial charge in [-0.2, -0.15) is 0 Å². The van der Waals surface area contributed by atoms with Crippen molar-refractivity contribution in [2.45, 2.75) is 13.8 Å². The van der Waals surface area contributed by atoms with Crippen molar-refractivity contribution in [3.8, 4) is 5.75 Å². The highest BCUT2D eigenvalue weighted by atomic mass is 16.6. The molecular formula is C12H12N2O3. The van der Waals surface area contributed by atoms with Crippen LogP contribution < -0.4 is 10.1 Å². The number of para-hydroxylation sites is 1. The van der Waals surface area contributed by atoms with Gasteiger partial charge < -0.3 is 9.26 Å². The van der Waals surface area contributed by atoms with Crippen molar-refractivity contribution in [2.24, 2.45) is 0 Å². The molecular weight excluding hydrogens is 220 g/mol. The van der Waals surface area contributed by atoms with Crippen LogP contribution in [0.25, 0.3) is 0 Å². The van der Waals surface area contributed by atoms with E-state index in [-0.39, 0.29) is 0 Å². The summed E-state index contributed by atoms with van der Waals surface area (Å²) in [6.45, 7) is 3.47. The number of anilines is 1. The maximum Gasteiger partial charge on any atom is 0.417 e. The lowest BCUT2D eigenvalue weighted by Crippen LogP contribution is -2.17. The first-order valence-corrected chi connectivity index (χ1v) is 5.13. The number of amides is 1. The number of aromatic nitrogens is 1. The maximum atomic E-state index is 11.6. The molecule has 2 aromatic rings. The fraction of sp³-hybridized carbons (Fsp3) is 0.167. The molecule has 0 unspecified atom stereocenters. The average molecular weight is 232 g/mol. The Hall–Kier alpha value is -2.30. The van der Waals surface area contributed by atoms with Crippen molar-refractivity contribution < 1.29 is 14.1 Å². The van der Waals surface area contributed by atoms with Crippen LogP contribution in [-0.2, 0) is 0 Å². The Labute approximate surface area is 98.4 Å². The molecule has 1 N–H and O–H groups in total. The topological polar surface area (TPSA) is 64.4 Å². The highest BCUT2D eigenvalue weighted by molar-refractivity contribution is 5.87. The van der Waals surface area contributed by atoms with Crippen LogP contribution in [0.3, 0.4) is 0 Å². The van der Waals surface area contributed by atoms with Gasteiger partial charge in [-0.15, -0.1) is 0 Å². The van der Waals surface area contributed by atoms with E-state index in [0.29, 0.717) is 22.9 Å². The molecule has 0 aliphatic heterocycles. The summed E-state index contributed by atoms with van der Waals surface area (Å²) in [5.74, 6) is 1.03. The molecule has 0 bridgehead atoms. The Morgan fingerprint density at radius 3 is 2.59 bits per heavy atom. The number of hydrogen-bond acceptors (Lipinski definition) is 4. The largest absolute Gasteiger partial charge is 0.417 e. The van der Waals surface area contributed by atoms with Crippen molar-refractivity contribution in [1.29, 1.82) is 0 Å². The molecule has 0 aliphatic carbocycles. The number of carbonyl (C=O) groups is 1. The van der Waals surface area contributed by atoms with E-state index >= 15 is 0 Å². The van der Waals surface area contributed by atoms with Gasteiger partial charge in [0.2, 0.25) is 0 Å². The van der Waals surface area contributed by atoms with Crippen molar-refractivity contribution >= 4 is 11.8 Å². The summed E-state index contributed by atoms with van der Waals surface area (Å²) < 4.78 is 10.0. The van der Waals surface area contributed by atoms with Crippen LogP contribution in [0.4, 0.5) is 10.5 Å². The summed E-state index contributed by atoms with van der Waals surface area (Å²) in [6, 6.07) is 8.83. The third-order valence-electron chi connectivity index (χ3n) is 2.21. The minimum absolute atomic E-state index is 0.483. The average Bonchev–Trinajstić information content (AvgIpc) is 2.62. The van der Waals surface area contributed by atoms with Crippen LogP contribution in [0.5, 0.6) is 5.75 Å². The monoisotopic (exact) mass is 232 g/mol. The second-order valence-electron chi connectivity index (χ2n) is 3.53.